The molecule has 2 aliphatic heterocycles. The highest BCUT2D eigenvalue weighted by Gasteiger charge is 2.48. The van der Waals surface area contributed by atoms with Gasteiger partial charge in [-0.25, -0.2) is 0 Å². The molecule has 0 saturated carbocycles. The highest BCUT2D eigenvalue weighted by Crippen LogP contribution is 2.43. The molecule has 1 aromatic rings. The van der Waals surface area contributed by atoms with Gasteiger partial charge in [-0.2, -0.15) is 0 Å². The van der Waals surface area contributed by atoms with Crippen molar-refractivity contribution in [1.82, 2.24) is 9.80 Å². The minimum atomic E-state index is -0.715. The molecule has 138 valence electrons. The molecule has 0 aromatic carbocycles. The average molecular weight is 348 g/mol. The average Bonchev–Trinajstić information content (AvgIpc) is 3.08. The second kappa shape index (κ2) is 6.83. The third-order valence-corrected chi connectivity index (χ3v) is 5.78. The number of hydrogen-bond acceptors (Lipinski definition) is 4. The van der Waals surface area contributed by atoms with Crippen molar-refractivity contribution >= 4 is 11.9 Å². The summed E-state index contributed by atoms with van der Waals surface area (Å²) in [5.41, 5.74) is 0.687. The van der Waals surface area contributed by atoms with Crippen molar-refractivity contribution in [1.29, 1.82) is 0 Å². The fourth-order valence-electron chi connectivity index (χ4n) is 4.47. The fraction of sp³-hybridized carbons (Fsp3) is 0.684. The Morgan fingerprint density at radius 3 is 2.52 bits per heavy atom. The number of aliphatic carboxylic acids is 1. The number of aryl methyl sites for hydroxylation is 2. The highest BCUT2D eigenvalue weighted by molar-refractivity contribution is 5.95. The second-order valence-electron chi connectivity index (χ2n) is 7.65. The molecular weight excluding hydrogens is 320 g/mol. The van der Waals surface area contributed by atoms with Crippen LogP contribution in [0.5, 0.6) is 0 Å². The van der Waals surface area contributed by atoms with Crippen molar-refractivity contribution in [2.45, 2.75) is 52.5 Å². The molecule has 0 radical (unpaired) electrons. The van der Waals surface area contributed by atoms with Crippen LogP contribution in [0.1, 0.15) is 54.5 Å². The quantitative estimate of drug-likeness (QED) is 0.905. The van der Waals surface area contributed by atoms with E-state index in [4.69, 9.17) is 4.42 Å². The van der Waals surface area contributed by atoms with Crippen LogP contribution in [0.3, 0.4) is 0 Å². The molecule has 6 heteroatoms. The molecule has 3 rings (SSSR count). The maximum absolute atomic E-state index is 12.7. The summed E-state index contributed by atoms with van der Waals surface area (Å²) in [5, 5.41) is 9.53. The number of carbonyl (C=O) groups excluding carboxylic acids is 1. The first kappa shape index (κ1) is 18.0. The van der Waals surface area contributed by atoms with Crippen molar-refractivity contribution in [2.75, 3.05) is 26.2 Å². The first-order chi connectivity index (χ1) is 11.8. The van der Waals surface area contributed by atoms with Crippen LogP contribution < -0.4 is 0 Å². The van der Waals surface area contributed by atoms with Gasteiger partial charge in [0, 0.05) is 19.6 Å². The first-order valence-corrected chi connectivity index (χ1v) is 9.18. The standard InChI is InChI=1S/C19H28N2O4/c1-4-7-21-12-19(11-16(21)18(23)24)5-8-20(9-6-19)17(22)15-10-13(2)25-14(15)3/h10,16H,4-9,11-12H2,1-3H3,(H,23,24)/t16-/m0/s1. The van der Waals surface area contributed by atoms with Crippen LogP contribution in [0.25, 0.3) is 0 Å². The molecular formula is C19H28N2O4. The molecule has 1 atom stereocenters. The molecule has 1 spiro atoms. The van der Waals surface area contributed by atoms with Crippen molar-refractivity contribution < 1.29 is 19.1 Å². The third-order valence-electron chi connectivity index (χ3n) is 5.78. The SMILES string of the molecule is CCCN1CC2(CCN(C(=O)c3cc(C)oc3C)CC2)C[C@H]1C(=O)O. The van der Waals surface area contributed by atoms with Crippen molar-refractivity contribution in [3.05, 3.63) is 23.2 Å². The lowest BCUT2D eigenvalue weighted by atomic mass is 9.76. The normalized spacial score (nSPS) is 23.3. The van der Waals surface area contributed by atoms with Gasteiger partial charge in [-0.15, -0.1) is 0 Å². The maximum Gasteiger partial charge on any atom is 0.320 e. The fourth-order valence-corrected chi connectivity index (χ4v) is 4.47. The summed E-state index contributed by atoms with van der Waals surface area (Å²) in [6.07, 6.45) is 3.41. The molecule has 0 unspecified atom stereocenters. The molecule has 1 amide bonds. The van der Waals surface area contributed by atoms with Crippen LogP contribution in [0.4, 0.5) is 0 Å². The van der Waals surface area contributed by atoms with Crippen LogP contribution in [-0.4, -0.2) is 59.0 Å². The van der Waals surface area contributed by atoms with Crippen molar-refractivity contribution in [3.8, 4) is 0 Å². The van der Waals surface area contributed by atoms with Crippen LogP contribution in [-0.2, 0) is 4.79 Å². The summed E-state index contributed by atoms with van der Waals surface area (Å²) in [7, 11) is 0. The van der Waals surface area contributed by atoms with E-state index in [0.29, 0.717) is 30.8 Å². The smallest absolute Gasteiger partial charge is 0.320 e. The van der Waals surface area contributed by atoms with E-state index in [9.17, 15) is 14.7 Å². The van der Waals surface area contributed by atoms with Crippen LogP contribution in [0.15, 0.2) is 10.5 Å². The lowest BCUT2D eigenvalue weighted by Gasteiger charge is -2.39. The van der Waals surface area contributed by atoms with Gasteiger partial charge < -0.3 is 14.4 Å². The lowest BCUT2D eigenvalue weighted by Crippen LogP contribution is -2.44. The zero-order valence-electron chi connectivity index (χ0n) is 15.4. The Morgan fingerprint density at radius 1 is 1.32 bits per heavy atom. The van der Waals surface area contributed by atoms with Gasteiger partial charge in [0.2, 0.25) is 0 Å². The van der Waals surface area contributed by atoms with E-state index < -0.39 is 5.97 Å². The summed E-state index contributed by atoms with van der Waals surface area (Å²) in [4.78, 5) is 28.3. The Hall–Kier alpha value is -1.82. The molecule has 2 aliphatic rings. The Labute approximate surface area is 148 Å². The van der Waals surface area contributed by atoms with Crippen molar-refractivity contribution in [3.63, 3.8) is 0 Å². The monoisotopic (exact) mass is 348 g/mol. The zero-order valence-corrected chi connectivity index (χ0v) is 15.4. The molecule has 0 bridgehead atoms. The van der Waals surface area contributed by atoms with Gasteiger partial charge in [0.05, 0.1) is 5.56 Å². The maximum atomic E-state index is 12.7. The van der Waals surface area contributed by atoms with E-state index in [0.717, 1.165) is 38.1 Å². The molecule has 25 heavy (non-hydrogen) atoms. The number of hydrogen-bond donors (Lipinski definition) is 1. The predicted molar refractivity (Wildman–Crippen MR) is 93.7 cm³/mol. The Balaban J connectivity index is 1.66. The predicted octanol–water partition coefficient (Wildman–Crippen LogP) is 2.69. The zero-order chi connectivity index (χ0) is 18.2. The van der Waals surface area contributed by atoms with Crippen molar-refractivity contribution in [2.24, 2.45) is 5.41 Å². The summed E-state index contributed by atoms with van der Waals surface area (Å²) in [6.45, 7) is 8.80. The van der Waals surface area contributed by atoms with Gasteiger partial charge in [0.1, 0.15) is 17.6 Å². The molecule has 0 aliphatic carbocycles. The highest BCUT2D eigenvalue weighted by atomic mass is 16.4. The Morgan fingerprint density at radius 2 is 2.00 bits per heavy atom. The number of likely N-dealkylation sites (tertiary alicyclic amines) is 2. The van der Waals surface area contributed by atoms with Gasteiger partial charge in [0.25, 0.3) is 5.91 Å². The summed E-state index contributed by atoms with van der Waals surface area (Å²) < 4.78 is 5.48. The number of carbonyl (C=O) groups is 2. The minimum Gasteiger partial charge on any atom is -0.480 e. The number of carboxylic acid groups (broad SMARTS) is 1. The number of rotatable bonds is 4. The molecule has 2 saturated heterocycles. The van der Waals surface area contributed by atoms with E-state index in [1.54, 1.807) is 6.07 Å². The number of carboxylic acids is 1. The molecule has 3 heterocycles. The topological polar surface area (TPSA) is 74.0 Å². The van der Waals surface area contributed by atoms with Gasteiger partial charge in [0.15, 0.2) is 0 Å². The molecule has 6 nitrogen and oxygen atoms in total. The number of furan rings is 1. The first-order valence-electron chi connectivity index (χ1n) is 9.18. The van der Waals surface area contributed by atoms with E-state index in [1.165, 1.54) is 0 Å². The molecule has 2 fully saturated rings. The van der Waals surface area contributed by atoms with Crippen LogP contribution >= 0.6 is 0 Å². The Bertz CT molecular complexity index is 658. The second-order valence-corrected chi connectivity index (χ2v) is 7.65. The van der Waals surface area contributed by atoms with Crippen LogP contribution in [0, 0.1) is 19.3 Å². The number of amides is 1. The summed E-state index contributed by atoms with van der Waals surface area (Å²) in [6, 6.07) is 1.43. The van der Waals surface area contributed by atoms with Gasteiger partial charge >= 0.3 is 5.97 Å². The van der Waals surface area contributed by atoms with E-state index >= 15 is 0 Å². The Kier molecular flexibility index (Phi) is 4.91. The number of nitrogens with zero attached hydrogens (tertiary/aromatic N) is 2. The molecule has 1 aromatic heterocycles. The lowest BCUT2D eigenvalue weighted by molar-refractivity contribution is -0.142. The number of piperidine rings is 1. The van der Waals surface area contributed by atoms with Gasteiger partial charge in [-0.05, 0) is 57.6 Å². The largest absolute Gasteiger partial charge is 0.480 e. The molecule has 1 N–H and O–H groups in total. The van der Waals surface area contributed by atoms with E-state index in [1.807, 2.05) is 18.7 Å². The van der Waals surface area contributed by atoms with E-state index in [-0.39, 0.29) is 17.4 Å². The van der Waals surface area contributed by atoms with Gasteiger partial charge in [-0.1, -0.05) is 6.92 Å². The van der Waals surface area contributed by atoms with Crippen LogP contribution in [0.2, 0.25) is 0 Å². The summed E-state index contributed by atoms with van der Waals surface area (Å²) in [5.74, 6) is 0.740. The summed E-state index contributed by atoms with van der Waals surface area (Å²) >= 11 is 0. The van der Waals surface area contributed by atoms with Gasteiger partial charge in [-0.3, -0.25) is 14.5 Å². The minimum absolute atomic E-state index is 0.0300. The van der Waals surface area contributed by atoms with E-state index in [2.05, 4.69) is 11.8 Å². The third kappa shape index (κ3) is 3.45.